The predicted molar refractivity (Wildman–Crippen MR) is 158 cm³/mol. The van der Waals surface area contributed by atoms with E-state index in [2.05, 4.69) is 27.7 Å². The van der Waals surface area contributed by atoms with E-state index in [1.165, 1.54) is 12.5 Å². The molecule has 0 aromatic heterocycles. The van der Waals surface area contributed by atoms with Gasteiger partial charge in [0.05, 0.1) is 13.2 Å². The summed E-state index contributed by atoms with van der Waals surface area (Å²) in [7, 11) is -8.02. The summed E-state index contributed by atoms with van der Waals surface area (Å²) in [6, 6.07) is 10.1. The van der Waals surface area contributed by atoms with Crippen molar-refractivity contribution in [3.63, 3.8) is 0 Å². The average Bonchev–Trinajstić information content (AvgIpc) is 2.81. The second-order valence-electron chi connectivity index (χ2n) is 10.4. The molecule has 0 unspecified atom stereocenters. The van der Waals surface area contributed by atoms with Crippen molar-refractivity contribution in [2.75, 3.05) is 13.2 Å². The molecule has 0 saturated heterocycles. The number of benzene rings is 2. The Morgan fingerprint density at radius 3 is 1.74 bits per heavy atom. The van der Waals surface area contributed by atoms with E-state index in [1.807, 2.05) is 6.07 Å². The van der Waals surface area contributed by atoms with Crippen LogP contribution in [-0.4, -0.2) is 30.0 Å². The van der Waals surface area contributed by atoms with Crippen molar-refractivity contribution < 1.29 is 25.2 Å². The fraction of sp³-hybridized carbons (Fsp3) is 0.643. The topological polar surface area (TPSA) is 165 Å². The highest BCUT2D eigenvalue weighted by Crippen LogP contribution is 2.32. The zero-order valence-corrected chi connectivity index (χ0v) is 25.5. The minimum absolute atomic E-state index is 0. The molecule has 0 bridgehead atoms. The summed E-state index contributed by atoms with van der Waals surface area (Å²) in [5.41, 5.74) is 0. The maximum atomic E-state index is 13.3. The normalized spacial score (nSPS) is 12.1. The molecule has 220 valence electrons. The van der Waals surface area contributed by atoms with Gasteiger partial charge in [-0.3, -0.25) is 4.18 Å². The van der Waals surface area contributed by atoms with Crippen molar-refractivity contribution in [1.29, 1.82) is 0 Å². The Morgan fingerprint density at radius 2 is 1.18 bits per heavy atom. The molecule has 2 aromatic carbocycles. The molecule has 10 heteroatoms. The van der Waals surface area contributed by atoms with Gasteiger partial charge in [-0.1, -0.05) is 109 Å². The van der Waals surface area contributed by atoms with E-state index in [4.69, 9.17) is 8.37 Å². The largest absolute Gasteiger partial charge is 0.581 e. The van der Waals surface area contributed by atoms with E-state index in [1.54, 1.807) is 24.3 Å². The summed E-state index contributed by atoms with van der Waals surface area (Å²) in [5.74, 6) is 1.34. The molecule has 0 heterocycles. The van der Waals surface area contributed by atoms with Crippen LogP contribution in [-0.2, 0) is 28.6 Å². The number of hydrogen-bond acceptors (Lipinski definition) is 6. The van der Waals surface area contributed by atoms with Gasteiger partial charge >= 0.3 is 10.1 Å². The third-order valence-electron chi connectivity index (χ3n) is 6.22. The number of fused-ring (bicyclic) bond motifs is 1. The molecule has 0 aliphatic heterocycles. The molecule has 0 fully saturated rings. The van der Waals surface area contributed by atoms with Crippen molar-refractivity contribution in [2.45, 2.75) is 102 Å². The summed E-state index contributed by atoms with van der Waals surface area (Å²) < 4.78 is 59.2. The van der Waals surface area contributed by atoms with Gasteiger partial charge in [-0.15, -0.1) is 0 Å². The van der Waals surface area contributed by atoms with Crippen molar-refractivity contribution in [1.82, 2.24) is 12.3 Å². The molecule has 38 heavy (non-hydrogen) atoms. The number of unbranched alkanes of at least 4 members (excludes halogenated alkanes) is 6. The lowest BCUT2D eigenvalue weighted by Gasteiger charge is -2.11. The molecule has 0 atom stereocenters. The van der Waals surface area contributed by atoms with Gasteiger partial charge in [0, 0.05) is 5.39 Å². The van der Waals surface area contributed by atoms with Gasteiger partial charge < -0.3 is 12.3 Å². The van der Waals surface area contributed by atoms with E-state index in [0.29, 0.717) is 35.4 Å². The maximum absolute atomic E-state index is 13.3. The van der Waals surface area contributed by atoms with Crippen LogP contribution in [0.25, 0.3) is 10.8 Å². The lowest BCUT2D eigenvalue weighted by atomic mass is 10.0. The summed E-state index contributed by atoms with van der Waals surface area (Å²) in [4.78, 5) is -0.352. The maximum Gasteiger partial charge on any atom is 0.581 e. The quantitative estimate of drug-likeness (QED) is 0.103. The summed E-state index contributed by atoms with van der Waals surface area (Å²) in [6.07, 6.45) is 9.79. The average molecular weight is 577 g/mol. The fourth-order valence-electron chi connectivity index (χ4n) is 4.17. The zero-order chi connectivity index (χ0) is 26.6. The first-order valence-electron chi connectivity index (χ1n) is 13.4. The SMILES string of the molecule is CC(C)CCCCCCOS(=O)(=O)c1c(S(=[OH+])(=[OH+])OCCCCCCC(C)C)ccc2ccccc12.N.N. The Labute approximate surface area is 231 Å². The smallest absolute Gasteiger partial charge is 0.344 e. The van der Waals surface area contributed by atoms with Crippen LogP contribution in [0.1, 0.15) is 91.9 Å². The Bertz CT molecular complexity index is 1150. The van der Waals surface area contributed by atoms with Crippen LogP contribution in [0.5, 0.6) is 0 Å². The monoisotopic (exact) mass is 576 g/mol. The number of hydrogen-bond donors (Lipinski definition) is 2. The summed E-state index contributed by atoms with van der Waals surface area (Å²) >= 11 is 0. The standard InChI is InChI=1S/C28H44O6S2.2H3N/c1-23(2)15-9-5-7-13-21-33-35(29,30)27-20-19-25-17-11-12-18-26(25)28(27)36(31,32)34-22-14-8-6-10-16-24(3)4;;/h11-12,17-20,23-24H,5-10,13-16,21-22H2,1-4H3;2*1H3/p+2. The zero-order valence-electron chi connectivity index (χ0n) is 23.9. The Balaban J connectivity index is 0.00000684. The molecule has 0 aliphatic rings. The summed E-state index contributed by atoms with van der Waals surface area (Å²) in [6.45, 7) is 8.99. The van der Waals surface area contributed by atoms with Gasteiger partial charge in [-0.05, 0) is 36.1 Å². The van der Waals surface area contributed by atoms with Crippen LogP contribution in [0.15, 0.2) is 46.2 Å². The van der Waals surface area contributed by atoms with E-state index in [-0.39, 0.29) is 35.3 Å². The molecular weight excluding hydrogens is 524 g/mol. The first-order valence-corrected chi connectivity index (χ1v) is 16.3. The minimum Gasteiger partial charge on any atom is -0.344 e. The van der Waals surface area contributed by atoms with Gasteiger partial charge in [-0.25, -0.2) is 0 Å². The molecule has 0 aliphatic carbocycles. The lowest BCUT2D eigenvalue weighted by molar-refractivity contribution is 0.301. The molecule has 2 rings (SSSR count). The molecule has 2 aromatic rings. The van der Waals surface area contributed by atoms with Gasteiger partial charge in [-0.2, -0.15) is 21.0 Å². The molecule has 0 amide bonds. The van der Waals surface area contributed by atoms with Crippen LogP contribution >= 0.6 is 0 Å². The Kier molecular flexibility index (Phi) is 17.2. The van der Waals surface area contributed by atoms with E-state index >= 15 is 0 Å². The van der Waals surface area contributed by atoms with Gasteiger partial charge in [0.2, 0.25) is 4.90 Å². The van der Waals surface area contributed by atoms with Crippen LogP contribution in [0, 0.1) is 11.8 Å². The van der Waals surface area contributed by atoms with Crippen LogP contribution in [0.4, 0.5) is 0 Å². The third-order valence-corrected chi connectivity index (χ3v) is 9.17. The second-order valence-corrected chi connectivity index (χ2v) is 13.6. The van der Waals surface area contributed by atoms with Crippen LogP contribution in [0.3, 0.4) is 0 Å². The van der Waals surface area contributed by atoms with E-state index in [0.717, 1.165) is 44.9 Å². The Hall–Kier alpha value is -1.56. The summed E-state index contributed by atoms with van der Waals surface area (Å²) in [5, 5.41) is 1.07. The van der Waals surface area contributed by atoms with Crippen molar-refractivity contribution in [3.05, 3.63) is 36.4 Å². The first kappa shape index (κ1) is 36.4. The van der Waals surface area contributed by atoms with E-state index < -0.39 is 20.2 Å². The highest BCUT2D eigenvalue weighted by molar-refractivity contribution is 7.90. The second kappa shape index (κ2) is 17.9. The minimum atomic E-state index is -4.24. The highest BCUT2D eigenvalue weighted by Gasteiger charge is 2.38. The van der Waals surface area contributed by atoms with Gasteiger partial charge in [0.15, 0.2) is 0 Å². The Morgan fingerprint density at radius 1 is 0.684 bits per heavy atom. The van der Waals surface area contributed by atoms with Gasteiger partial charge in [0.25, 0.3) is 10.1 Å². The fourth-order valence-corrected chi connectivity index (χ4v) is 7.10. The predicted octanol–water partition coefficient (Wildman–Crippen LogP) is 8.10. The van der Waals surface area contributed by atoms with Crippen LogP contribution in [0.2, 0.25) is 0 Å². The van der Waals surface area contributed by atoms with Crippen molar-refractivity contribution in [3.8, 4) is 0 Å². The first-order chi connectivity index (χ1) is 17.0. The van der Waals surface area contributed by atoms with Crippen molar-refractivity contribution >= 4 is 31.0 Å². The molecular formula is C28H52N2O6S2+2. The number of rotatable bonds is 18. The molecule has 8 N–H and O–H groups in total. The van der Waals surface area contributed by atoms with Gasteiger partial charge in [0.1, 0.15) is 4.90 Å². The molecule has 0 radical (unpaired) electrons. The third kappa shape index (κ3) is 12.1. The van der Waals surface area contributed by atoms with Crippen molar-refractivity contribution in [2.24, 2.45) is 11.8 Å². The molecule has 8 nitrogen and oxygen atoms in total. The highest BCUT2D eigenvalue weighted by atomic mass is 32.2. The van der Waals surface area contributed by atoms with Crippen LogP contribution < -0.4 is 12.3 Å². The molecule has 0 spiro atoms. The molecule has 0 saturated carbocycles. The lowest BCUT2D eigenvalue weighted by Crippen LogP contribution is -2.16. The van der Waals surface area contributed by atoms with E-state index in [9.17, 15) is 16.8 Å².